The van der Waals surface area contributed by atoms with E-state index in [0.29, 0.717) is 5.56 Å². The van der Waals surface area contributed by atoms with E-state index in [1.54, 1.807) is 6.07 Å². The van der Waals surface area contributed by atoms with Gasteiger partial charge in [0.25, 0.3) is 6.43 Å². The van der Waals surface area contributed by atoms with E-state index < -0.39 is 45.8 Å². The number of thiazole rings is 1. The Bertz CT molecular complexity index is 890. The number of amides is 2. The van der Waals surface area contributed by atoms with Crippen LogP contribution in [0.2, 0.25) is 0 Å². The lowest BCUT2D eigenvalue weighted by Crippen LogP contribution is -2.28. The van der Waals surface area contributed by atoms with Crippen LogP contribution in [-0.2, 0) is 22.1 Å². The van der Waals surface area contributed by atoms with Gasteiger partial charge < -0.3 is 5.32 Å². The van der Waals surface area contributed by atoms with Crippen LogP contribution in [0.1, 0.15) is 11.3 Å². The minimum absolute atomic E-state index is 0.00176. The van der Waals surface area contributed by atoms with Gasteiger partial charge in [-0.2, -0.15) is 0 Å². The van der Waals surface area contributed by atoms with Crippen molar-refractivity contribution in [3.05, 3.63) is 46.7 Å². The third kappa shape index (κ3) is 7.13. The van der Waals surface area contributed by atoms with Crippen LogP contribution in [-0.4, -0.2) is 37.8 Å². The summed E-state index contributed by atoms with van der Waals surface area (Å²) in [4.78, 5) is 15.6. The minimum atomic E-state index is -4.12. The highest BCUT2D eigenvalue weighted by Crippen LogP contribution is 2.19. The van der Waals surface area contributed by atoms with E-state index in [1.165, 1.54) is 23.6 Å². The van der Waals surface area contributed by atoms with E-state index in [9.17, 15) is 30.8 Å². The second-order valence-electron chi connectivity index (χ2n) is 5.49. The molecule has 148 valence electrons. The van der Waals surface area contributed by atoms with Crippen molar-refractivity contribution in [3.63, 3.8) is 0 Å². The molecule has 1 atom stereocenters. The number of nitrogens with zero attached hydrogens (tertiary/aromatic N) is 1. The van der Waals surface area contributed by atoms with Gasteiger partial charge in [-0.3, -0.25) is 5.32 Å². The Morgan fingerprint density at radius 1 is 1.26 bits per heavy atom. The molecule has 2 aromatic rings. The summed E-state index contributed by atoms with van der Waals surface area (Å²) in [5.74, 6) is -2.47. The molecule has 27 heavy (non-hydrogen) atoms. The Morgan fingerprint density at radius 2 is 2.00 bits per heavy atom. The molecule has 1 aromatic carbocycles. The smallest absolute Gasteiger partial charge is 0.321 e. The molecule has 0 bridgehead atoms. The topological polar surface area (TPSA) is 88.2 Å². The van der Waals surface area contributed by atoms with Crippen LogP contribution < -0.4 is 10.6 Å². The molecule has 2 amide bonds. The molecule has 0 fully saturated rings. The SMILES string of the molecule is O=C(NCc1cccc(F)c1)Nc1nc(CS(=O)(=O)CC(F)C(F)F)cs1. The largest absolute Gasteiger partial charge is 0.334 e. The van der Waals surface area contributed by atoms with Crippen molar-refractivity contribution in [2.75, 3.05) is 11.1 Å². The van der Waals surface area contributed by atoms with Gasteiger partial charge in [0.2, 0.25) is 0 Å². The number of carbonyl (C=O) groups excluding carboxylic acids is 1. The van der Waals surface area contributed by atoms with Crippen molar-refractivity contribution in [2.45, 2.75) is 24.9 Å². The third-order valence-electron chi connectivity index (χ3n) is 3.17. The lowest BCUT2D eigenvalue weighted by atomic mass is 10.2. The zero-order valence-electron chi connectivity index (χ0n) is 13.7. The fraction of sp³-hybridized carbons (Fsp3) is 0.333. The number of carbonyl (C=O) groups is 1. The number of anilines is 1. The predicted octanol–water partition coefficient (Wildman–Crippen LogP) is 3.12. The van der Waals surface area contributed by atoms with Crippen molar-refractivity contribution in [1.82, 2.24) is 10.3 Å². The van der Waals surface area contributed by atoms with E-state index in [-0.39, 0.29) is 17.4 Å². The van der Waals surface area contributed by atoms with Gasteiger partial charge in [-0.15, -0.1) is 11.3 Å². The second kappa shape index (κ2) is 9.13. The van der Waals surface area contributed by atoms with Crippen molar-refractivity contribution in [2.24, 2.45) is 0 Å². The lowest BCUT2D eigenvalue weighted by Gasteiger charge is -2.07. The zero-order chi connectivity index (χ0) is 20.0. The number of rotatable bonds is 8. The Labute approximate surface area is 156 Å². The molecule has 6 nitrogen and oxygen atoms in total. The van der Waals surface area contributed by atoms with E-state index in [0.717, 1.165) is 11.3 Å². The molecule has 0 saturated heterocycles. The van der Waals surface area contributed by atoms with Crippen molar-refractivity contribution in [3.8, 4) is 0 Å². The van der Waals surface area contributed by atoms with Crippen LogP contribution in [0.15, 0.2) is 29.6 Å². The molecular weight excluding hydrogens is 410 g/mol. The maximum atomic E-state index is 13.0. The van der Waals surface area contributed by atoms with Gasteiger partial charge in [-0.1, -0.05) is 12.1 Å². The first kappa shape index (κ1) is 21.1. The van der Waals surface area contributed by atoms with Crippen molar-refractivity contribution >= 4 is 32.3 Å². The van der Waals surface area contributed by atoms with Gasteiger partial charge in [-0.05, 0) is 17.7 Å². The second-order valence-corrected chi connectivity index (χ2v) is 8.45. The van der Waals surface area contributed by atoms with Crippen LogP contribution in [0.25, 0.3) is 0 Å². The number of urea groups is 1. The zero-order valence-corrected chi connectivity index (χ0v) is 15.3. The first-order valence-electron chi connectivity index (χ1n) is 7.51. The number of aromatic nitrogens is 1. The Kier molecular flexibility index (Phi) is 7.13. The molecular formula is C15H15F4N3O3S2. The van der Waals surface area contributed by atoms with Crippen LogP contribution in [0.3, 0.4) is 0 Å². The Hall–Kier alpha value is -2.21. The van der Waals surface area contributed by atoms with Gasteiger partial charge in [0.15, 0.2) is 21.1 Å². The normalized spacial score (nSPS) is 12.8. The maximum absolute atomic E-state index is 13.0. The predicted molar refractivity (Wildman–Crippen MR) is 92.8 cm³/mol. The Morgan fingerprint density at radius 3 is 2.67 bits per heavy atom. The van der Waals surface area contributed by atoms with Crippen molar-refractivity contribution in [1.29, 1.82) is 0 Å². The molecule has 1 heterocycles. The quantitative estimate of drug-likeness (QED) is 0.636. The van der Waals surface area contributed by atoms with Crippen LogP contribution in [0.5, 0.6) is 0 Å². The molecule has 0 spiro atoms. The van der Waals surface area contributed by atoms with Crippen LogP contribution >= 0.6 is 11.3 Å². The molecule has 2 N–H and O–H groups in total. The van der Waals surface area contributed by atoms with E-state index in [1.807, 2.05) is 0 Å². The molecule has 0 aliphatic rings. The number of sulfone groups is 1. The summed E-state index contributed by atoms with van der Waals surface area (Å²) in [6, 6.07) is 4.98. The highest BCUT2D eigenvalue weighted by atomic mass is 32.2. The molecule has 1 aromatic heterocycles. The first-order valence-corrected chi connectivity index (χ1v) is 10.2. The molecule has 2 rings (SSSR count). The minimum Gasteiger partial charge on any atom is -0.334 e. The first-order chi connectivity index (χ1) is 12.6. The summed E-state index contributed by atoms with van der Waals surface area (Å²) in [7, 11) is -4.12. The molecule has 0 radical (unpaired) electrons. The highest BCUT2D eigenvalue weighted by Gasteiger charge is 2.27. The monoisotopic (exact) mass is 425 g/mol. The fourth-order valence-electron chi connectivity index (χ4n) is 2.00. The van der Waals surface area contributed by atoms with Gasteiger partial charge >= 0.3 is 6.03 Å². The van der Waals surface area contributed by atoms with Crippen molar-refractivity contribution < 1.29 is 30.8 Å². The number of benzene rings is 1. The number of halogens is 4. The van der Waals surface area contributed by atoms with Gasteiger partial charge in [0, 0.05) is 11.9 Å². The summed E-state index contributed by atoms with van der Waals surface area (Å²) in [5, 5.41) is 6.22. The lowest BCUT2D eigenvalue weighted by molar-refractivity contribution is 0.0618. The van der Waals surface area contributed by atoms with Crippen LogP contribution in [0, 0.1) is 5.82 Å². The van der Waals surface area contributed by atoms with Gasteiger partial charge in [0.1, 0.15) is 5.82 Å². The molecule has 1 unspecified atom stereocenters. The highest BCUT2D eigenvalue weighted by molar-refractivity contribution is 7.90. The molecule has 0 saturated carbocycles. The number of hydrogen-bond acceptors (Lipinski definition) is 5. The standard InChI is InChI=1S/C15H15F4N3O3S2/c16-10-3-1-2-9(4-10)5-20-14(23)22-15-21-11(6-26-15)7-27(24,25)8-12(17)13(18)19/h1-4,6,12-13H,5,7-8H2,(H2,20,21,22,23). The molecule has 0 aliphatic carbocycles. The average Bonchev–Trinajstić information content (AvgIpc) is 2.98. The van der Waals surface area contributed by atoms with E-state index in [2.05, 4.69) is 15.6 Å². The van der Waals surface area contributed by atoms with E-state index in [4.69, 9.17) is 0 Å². The number of alkyl halides is 3. The number of nitrogens with one attached hydrogen (secondary N) is 2. The molecule has 0 aliphatic heterocycles. The third-order valence-corrected chi connectivity index (χ3v) is 5.54. The Balaban J connectivity index is 1.87. The average molecular weight is 425 g/mol. The summed E-state index contributed by atoms with van der Waals surface area (Å²) in [6.07, 6.45) is -6.14. The van der Waals surface area contributed by atoms with Gasteiger partial charge in [-0.25, -0.2) is 35.8 Å². The number of hydrogen-bond donors (Lipinski definition) is 2. The summed E-state index contributed by atoms with van der Waals surface area (Å²) in [6.45, 7) is 0.0573. The van der Waals surface area contributed by atoms with E-state index >= 15 is 0 Å². The summed E-state index contributed by atoms with van der Waals surface area (Å²) >= 11 is 0.918. The maximum Gasteiger partial charge on any atom is 0.321 e. The summed E-state index contributed by atoms with van der Waals surface area (Å²) in [5.41, 5.74) is 0.540. The van der Waals surface area contributed by atoms with Crippen LogP contribution in [0.4, 0.5) is 27.5 Å². The van der Waals surface area contributed by atoms with Gasteiger partial charge in [0.05, 0.1) is 17.2 Å². The summed E-state index contributed by atoms with van der Waals surface area (Å²) < 4.78 is 73.6. The molecule has 12 heteroatoms. The fourth-order valence-corrected chi connectivity index (χ4v) is 4.16.